The fraction of sp³-hybridized carbons (Fsp3) is 0.692. The van der Waals surface area contributed by atoms with Gasteiger partial charge in [-0.2, -0.15) is 0 Å². The number of hydrogen-bond acceptors (Lipinski definition) is 6. The zero-order chi connectivity index (χ0) is 24.0. The molecule has 3 aliphatic rings. The summed E-state index contributed by atoms with van der Waals surface area (Å²) in [5.41, 5.74) is 0.247. The summed E-state index contributed by atoms with van der Waals surface area (Å²) < 4.78 is 11.8. The third-order valence-corrected chi connectivity index (χ3v) is 8.15. The lowest BCUT2D eigenvalue weighted by molar-refractivity contribution is -0.157. The predicted octanol–water partition coefficient (Wildman–Crippen LogP) is 3.52. The Morgan fingerprint density at radius 1 is 1.41 bits per heavy atom. The molecule has 1 heterocycles. The van der Waals surface area contributed by atoms with E-state index >= 15 is 0 Å². The summed E-state index contributed by atoms with van der Waals surface area (Å²) in [6.07, 6.45) is 4.06. The van der Waals surface area contributed by atoms with Gasteiger partial charge in [0.05, 0.1) is 18.6 Å². The van der Waals surface area contributed by atoms with Gasteiger partial charge in [0, 0.05) is 5.41 Å². The van der Waals surface area contributed by atoms with E-state index in [0.29, 0.717) is 17.9 Å². The van der Waals surface area contributed by atoms with Crippen molar-refractivity contribution in [3.8, 4) is 0 Å². The van der Waals surface area contributed by atoms with Gasteiger partial charge in [-0.15, -0.1) is 0 Å². The van der Waals surface area contributed by atoms with Gasteiger partial charge in [-0.25, -0.2) is 0 Å². The minimum absolute atomic E-state index is 0.207. The van der Waals surface area contributed by atoms with Gasteiger partial charge in [-0.05, 0) is 61.3 Å². The summed E-state index contributed by atoms with van der Waals surface area (Å²) in [7, 11) is 0. The summed E-state index contributed by atoms with van der Waals surface area (Å²) in [5.74, 6) is -0.910. The van der Waals surface area contributed by atoms with Crippen molar-refractivity contribution in [2.45, 2.75) is 84.7 Å². The number of aliphatic hydroxyl groups excluding tert-OH is 2. The molecule has 1 saturated carbocycles. The van der Waals surface area contributed by atoms with Crippen molar-refractivity contribution in [2.75, 3.05) is 6.61 Å². The first-order valence-electron chi connectivity index (χ1n) is 11.7. The standard InChI is InChI=1S/C26H38O6/c1-8-14(2)11-15(3)22(29)18(6)23(30)31-20-10-9-16(4)25(7)19(20)12-21(28)26(17(5)13-27)24(25)32-26/h11-12,14,16,18,20,22,24,27,29H,5,8-10,13H2,1-4,6-7H3/b15-11+/t14?,16-,18?,20+,22?,24+,25+,26-/m0/s1. The van der Waals surface area contributed by atoms with E-state index < -0.39 is 41.2 Å². The van der Waals surface area contributed by atoms with E-state index in [0.717, 1.165) is 24.0 Å². The normalized spacial score (nSPS) is 36.9. The highest BCUT2D eigenvalue weighted by molar-refractivity contribution is 6.05. The summed E-state index contributed by atoms with van der Waals surface area (Å²) in [4.78, 5) is 26.0. The van der Waals surface area contributed by atoms with Crippen LogP contribution in [0.15, 0.2) is 35.5 Å². The molecule has 8 atom stereocenters. The molecule has 3 unspecified atom stereocenters. The first-order chi connectivity index (χ1) is 14.9. The van der Waals surface area contributed by atoms with E-state index in [9.17, 15) is 19.8 Å². The zero-order valence-corrected chi connectivity index (χ0v) is 20.2. The van der Waals surface area contributed by atoms with Gasteiger partial charge in [-0.3, -0.25) is 9.59 Å². The third kappa shape index (κ3) is 3.80. The monoisotopic (exact) mass is 446 g/mol. The molecule has 0 aromatic carbocycles. The SMILES string of the molecule is C=C(CO)[C@@]12O[C@@H]1[C@@]1(C)C(=CC2=O)[C@H](OC(=O)C(C)C(O)/C(C)=C/C(C)CC)CC[C@@H]1C. The van der Waals surface area contributed by atoms with Gasteiger partial charge in [0.2, 0.25) is 0 Å². The first-order valence-corrected chi connectivity index (χ1v) is 11.7. The highest BCUT2D eigenvalue weighted by atomic mass is 16.6. The second-order valence-corrected chi connectivity index (χ2v) is 10.2. The third-order valence-electron chi connectivity index (χ3n) is 8.15. The fourth-order valence-corrected chi connectivity index (χ4v) is 5.40. The van der Waals surface area contributed by atoms with Crippen LogP contribution in [0, 0.1) is 23.2 Å². The van der Waals surface area contributed by atoms with Gasteiger partial charge < -0.3 is 19.7 Å². The number of rotatable bonds is 8. The van der Waals surface area contributed by atoms with Crippen molar-refractivity contribution in [3.05, 3.63) is 35.5 Å². The lowest BCUT2D eigenvalue weighted by atomic mass is 9.57. The maximum atomic E-state index is 13.0. The number of esters is 1. The molecule has 0 radical (unpaired) electrons. The summed E-state index contributed by atoms with van der Waals surface area (Å²) in [6.45, 7) is 15.4. The van der Waals surface area contributed by atoms with Crippen LogP contribution in [0.25, 0.3) is 0 Å². The molecule has 0 spiro atoms. The summed E-state index contributed by atoms with van der Waals surface area (Å²) in [5, 5.41) is 20.3. The quantitative estimate of drug-likeness (QED) is 0.336. The Labute approximate surface area is 191 Å². The van der Waals surface area contributed by atoms with Gasteiger partial charge in [-0.1, -0.05) is 46.8 Å². The van der Waals surface area contributed by atoms with Crippen LogP contribution in [0.3, 0.4) is 0 Å². The Bertz CT molecular complexity index is 856. The summed E-state index contributed by atoms with van der Waals surface area (Å²) >= 11 is 0. The van der Waals surface area contributed by atoms with Crippen molar-refractivity contribution in [3.63, 3.8) is 0 Å². The number of ether oxygens (including phenoxy) is 2. The number of fused-ring (bicyclic) bond motifs is 3. The number of hydrogen-bond donors (Lipinski definition) is 2. The molecule has 0 aromatic heterocycles. The molecular weight excluding hydrogens is 408 g/mol. The molecule has 0 amide bonds. The van der Waals surface area contributed by atoms with Gasteiger partial charge in [0.1, 0.15) is 12.2 Å². The largest absolute Gasteiger partial charge is 0.458 e. The maximum Gasteiger partial charge on any atom is 0.312 e. The van der Waals surface area contributed by atoms with Crippen LogP contribution in [0.4, 0.5) is 0 Å². The molecule has 2 fully saturated rings. The maximum absolute atomic E-state index is 13.0. The Morgan fingerprint density at radius 2 is 2.06 bits per heavy atom. The van der Waals surface area contributed by atoms with Crippen LogP contribution in [0.2, 0.25) is 0 Å². The zero-order valence-electron chi connectivity index (χ0n) is 20.2. The molecule has 0 aromatic rings. The number of allylic oxidation sites excluding steroid dienone is 1. The molecule has 1 saturated heterocycles. The van der Waals surface area contributed by atoms with Gasteiger partial charge in [0.15, 0.2) is 11.4 Å². The Balaban J connectivity index is 1.82. The molecule has 2 N–H and O–H groups in total. The van der Waals surface area contributed by atoms with E-state index in [1.54, 1.807) is 13.0 Å². The average Bonchev–Trinajstić information content (AvgIpc) is 3.54. The highest BCUT2D eigenvalue weighted by Gasteiger charge is 2.74. The van der Waals surface area contributed by atoms with Crippen LogP contribution in [-0.2, 0) is 19.1 Å². The minimum Gasteiger partial charge on any atom is -0.458 e. The second kappa shape index (κ2) is 8.88. The number of carbonyl (C=O) groups excluding carboxylic acids is 2. The Hall–Kier alpha value is -1.76. The molecule has 1 aliphatic heterocycles. The number of epoxide rings is 1. The van der Waals surface area contributed by atoms with E-state index in [2.05, 4.69) is 27.4 Å². The Morgan fingerprint density at radius 3 is 2.66 bits per heavy atom. The minimum atomic E-state index is -1.16. The van der Waals surface area contributed by atoms with Crippen LogP contribution in [0.1, 0.15) is 60.8 Å². The van der Waals surface area contributed by atoms with E-state index in [1.807, 2.05) is 19.9 Å². The fourth-order valence-electron chi connectivity index (χ4n) is 5.40. The molecule has 6 heteroatoms. The molecule has 32 heavy (non-hydrogen) atoms. The lowest BCUT2D eigenvalue weighted by Gasteiger charge is -2.47. The number of ketones is 1. The van der Waals surface area contributed by atoms with Crippen LogP contribution in [-0.4, -0.2) is 52.5 Å². The molecule has 178 valence electrons. The van der Waals surface area contributed by atoms with E-state index in [-0.39, 0.29) is 18.3 Å². The second-order valence-electron chi connectivity index (χ2n) is 10.2. The predicted molar refractivity (Wildman–Crippen MR) is 122 cm³/mol. The van der Waals surface area contributed by atoms with Crippen LogP contribution < -0.4 is 0 Å². The van der Waals surface area contributed by atoms with Crippen LogP contribution in [0.5, 0.6) is 0 Å². The molecule has 6 nitrogen and oxygen atoms in total. The number of carbonyl (C=O) groups is 2. The Kier molecular flexibility index (Phi) is 6.90. The molecule has 3 rings (SSSR count). The average molecular weight is 447 g/mol. The van der Waals surface area contributed by atoms with Crippen LogP contribution >= 0.6 is 0 Å². The van der Waals surface area contributed by atoms with Gasteiger partial charge in [0.25, 0.3) is 0 Å². The smallest absolute Gasteiger partial charge is 0.312 e. The lowest BCUT2D eigenvalue weighted by Crippen LogP contribution is -2.51. The molecule has 2 aliphatic carbocycles. The summed E-state index contributed by atoms with van der Waals surface area (Å²) in [6, 6.07) is 0. The van der Waals surface area contributed by atoms with E-state index in [4.69, 9.17) is 9.47 Å². The molecule has 0 bridgehead atoms. The van der Waals surface area contributed by atoms with Crippen molar-refractivity contribution >= 4 is 11.8 Å². The van der Waals surface area contributed by atoms with E-state index in [1.165, 1.54) is 0 Å². The van der Waals surface area contributed by atoms with Crippen molar-refractivity contribution in [1.82, 2.24) is 0 Å². The highest BCUT2D eigenvalue weighted by Crippen LogP contribution is 2.63. The molecular formula is C26H38O6. The van der Waals surface area contributed by atoms with Crippen molar-refractivity contribution < 1.29 is 29.3 Å². The number of aliphatic hydroxyl groups is 2. The van der Waals surface area contributed by atoms with Gasteiger partial charge >= 0.3 is 5.97 Å². The topological polar surface area (TPSA) is 96.4 Å². The van der Waals surface area contributed by atoms with Crippen molar-refractivity contribution in [2.24, 2.45) is 23.2 Å². The first kappa shape index (κ1) is 24.9. The van der Waals surface area contributed by atoms with Crippen molar-refractivity contribution in [1.29, 1.82) is 0 Å².